The molecule has 0 bridgehead atoms. The fourth-order valence-electron chi connectivity index (χ4n) is 3.21. The van der Waals surface area contributed by atoms with Crippen molar-refractivity contribution >= 4 is 5.91 Å². The minimum absolute atomic E-state index is 0.0441. The number of piperidine rings is 1. The van der Waals surface area contributed by atoms with Crippen LogP contribution in [0, 0.1) is 6.92 Å². The largest absolute Gasteiger partial charge is 0.448 e. The SMILES string of the molecule is Cc1ocnc1C(=O)N1CCC[C@H](c2nccn2CCN(C)C)C1. The van der Waals surface area contributed by atoms with Gasteiger partial charge in [0.1, 0.15) is 11.6 Å². The summed E-state index contributed by atoms with van der Waals surface area (Å²) in [4.78, 5) is 25.3. The Morgan fingerprint density at radius 2 is 2.25 bits per heavy atom. The van der Waals surface area contributed by atoms with E-state index in [2.05, 4.69) is 33.5 Å². The summed E-state index contributed by atoms with van der Waals surface area (Å²) in [5, 5.41) is 0. The number of likely N-dealkylation sites (N-methyl/N-ethyl adjacent to an activating group) is 1. The van der Waals surface area contributed by atoms with Gasteiger partial charge in [-0.25, -0.2) is 9.97 Å². The van der Waals surface area contributed by atoms with Crippen LogP contribution in [0.25, 0.3) is 0 Å². The van der Waals surface area contributed by atoms with Crippen molar-refractivity contribution in [2.24, 2.45) is 0 Å². The average molecular weight is 331 g/mol. The summed E-state index contributed by atoms with van der Waals surface area (Å²) < 4.78 is 7.38. The maximum Gasteiger partial charge on any atom is 0.276 e. The molecular weight excluding hydrogens is 306 g/mol. The first-order chi connectivity index (χ1) is 11.6. The Bertz CT molecular complexity index is 691. The molecule has 0 spiro atoms. The molecule has 2 aromatic heterocycles. The van der Waals surface area contributed by atoms with Crippen molar-refractivity contribution in [3.05, 3.63) is 36.1 Å². The number of amides is 1. The first-order valence-electron chi connectivity index (χ1n) is 8.41. The fraction of sp³-hybridized carbons (Fsp3) is 0.588. The lowest BCUT2D eigenvalue weighted by Crippen LogP contribution is -2.40. The second-order valence-corrected chi connectivity index (χ2v) is 6.63. The van der Waals surface area contributed by atoms with Crippen LogP contribution in [0.5, 0.6) is 0 Å². The van der Waals surface area contributed by atoms with Gasteiger partial charge in [-0.2, -0.15) is 0 Å². The monoisotopic (exact) mass is 331 g/mol. The summed E-state index contributed by atoms with van der Waals surface area (Å²) >= 11 is 0. The Kier molecular flexibility index (Phi) is 4.99. The van der Waals surface area contributed by atoms with Gasteiger partial charge in [0.15, 0.2) is 12.1 Å². The lowest BCUT2D eigenvalue weighted by molar-refractivity contribution is 0.0696. The third-order valence-electron chi connectivity index (χ3n) is 4.56. The molecule has 1 amide bonds. The summed E-state index contributed by atoms with van der Waals surface area (Å²) in [6.07, 6.45) is 7.25. The van der Waals surface area contributed by atoms with E-state index in [1.165, 1.54) is 6.39 Å². The van der Waals surface area contributed by atoms with E-state index in [1.54, 1.807) is 6.92 Å². The molecule has 2 aromatic rings. The van der Waals surface area contributed by atoms with Gasteiger partial charge in [-0.05, 0) is 33.9 Å². The zero-order valence-electron chi connectivity index (χ0n) is 14.6. The van der Waals surface area contributed by atoms with Gasteiger partial charge in [-0.1, -0.05) is 0 Å². The highest BCUT2D eigenvalue weighted by Gasteiger charge is 2.29. The van der Waals surface area contributed by atoms with E-state index in [9.17, 15) is 4.79 Å². The van der Waals surface area contributed by atoms with E-state index in [4.69, 9.17) is 4.42 Å². The number of hydrogen-bond donors (Lipinski definition) is 0. The standard InChI is InChI=1S/C17H25N5O2/c1-13-15(19-12-24-13)17(23)22-7-4-5-14(11-22)16-18-6-8-21(16)10-9-20(2)3/h6,8,12,14H,4-5,7,9-11H2,1-3H3/t14-/m0/s1. The molecule has 7 nitrogen and oxygen atoms in total. The summed E-state index contributed by atoms with van der Waals surface area (Å²) in [5.41, 5.74) is 0.423. The molecule has 1 aliphatic heterocycles. The molecule has 0 unspecified atom stereocenters. The molecular formula is C17H25N5O2. The van der Waals surface area contributed by atoms with Crippen molar-refractivity contribution in [2.45, 2.75) is 32.2 Å². The van der Waals surface area contributed by atoms with Gasteiger partial charge in [-0.3, -0.25) is 4.79 Å². The van der Waals surface area contributed by atoms with Crippen LogP contribution in [0.3, 0.4) is 0 Å². The van der Waals surface area contributed by atoms with Crippen molar-refractivity contribution in [3.63, 3.8) is 0 Å². The van der Waals surface area contributed by atoms with Crippen LogP contribution >= 0.6 is 0 Å². The van der Waals surface area contributed by atoms with Crippen molar-refractivity contribution in [1.82, 2.24) is 24.3 Å². The van der Waals surface area contributed by atoms with Gasteiger partial charge in [0.25, 0.3) is 5.91 Å². The van der Waals surface area contributed by atoms with Crippen molar-refractivity contribution < 1.29 is 9.21 Å². The van der Waals surface area contributed by atoms with Crippen LogP contribution in [0.2, 0.25) is 0 Å². The number of aromatic nitrogens is 3. The lowest BCUT2D eigenvalue weighted by atomic mass is 9.96. The number of nitrogens with zero attached hydrogens (tertiary/aromatic N) is 5. The van der Waals surface area contributed by atoms with E-state index < -0.39 is 0 Å². The van der Waals surface area contributed by atoms with Crippen molar-refractivity contribution in [1.29, 1.82) is 0 Å². The minimum atomic E-state index is -0.0441. The molecule has 0 radical (unpaired) electrons. The van der Waals surface area contributed by atoms with Gasteiger partial charge in [0, 0.05) is 44.5 Å². The fourth-order valence-corrected chi connectivity index (χ4v) is 3.21. The predicted octanol–water partition coefficient (Wildman–Crippen LogP) is 1.76. The molecule has 7 heteroatoms. The highest BCUT2D eigenvalue weighted by atomic mass is 16.3. The highest BCUT2D eigenvalue weighted by Crippen LogP contribution is 2.27. The normalized spacial score (nSPS) is 18.3. The van der Waals surface area contributed by atoms with Gasteiger partial charge in [0.2, 0.25) is 0 Å². The van der Waals surface area contributed by atoms with E-state index in [1.807, 2.05) is 17.3 Å². The summed E-state index contributed by atoms with van der Waals surface area (Å²) in [5.74, 6) is 1.88. The molecule has 1 atom stereocenters. The number of oxazole rings is 1. The molecule has 0 aromatic carbocycles. The number of likely N-dealkylation sites (tertiary alicyclic amines) is 1. The Morgan fingerprint density at radius 3 is 2.96 bits per heavy atom. The van der Waals surface area contributed by atoms with Gasteiger partial charge < -0.3 is 18.8 Å². The second-order valence-electron chi connectivity index (χ2n) is 6.63. The van der Waals surface area contributed by atoms with Gasteiger partial charge >= 0.3 is 0 Å². The summed E-state index contributed by atoms with van der Waals surface area (Å²) in [7, 11) is 4.13. The van der Waals surface area contributed by atoms with Crippen LogP contribution < -0.4 is 0 Å². The van der Waals surface area contributed by atoms with E-state index in [0.29, 0.717) is 18.0 Å². The molecule has 1 fully saturated rings. The quantitative estimate of drug-likeness (QED) is 0.835. The Balaban J connectivity index is 1.71. The maximum absolute atomic E-state index is 12.7. The predicted molar refractivity (Wildman–Crippen MR) is 89.9 cm³/mol. The highest BCUT2D eigenvalue weighted by molar-refractivity contribution is 5.93. The first kappa shape index (κ1) is 16.7. The summed E-state index contributed by atoms with van der Waals surface area (Å²) in [6.45, 7) is 5.10. The maximum atomic E-state index is 12.7. The molecule has 3 rings (SSSR count). The first-order valence-corrected chi connectivity index (χ1v) is 8.41. The van der Waals surface area contributed by atoms with Gasteiger partial charge in [-0.15, -0.1) is 0 Å². The van der Waals surface area contributed by atoms with Crippen LogP contribution in [0.15, 0.2) is 23.2 Å². The number of imidazole rings is 1. The molecule has 130 valence electrons. The van der Waals surface area contributed by atoms with E-state index in [-0.39, 0.29) is 11.8 Å². The molecule has 0 saturated carbocycles. The Labute approximate surface area is 142 Å². The lowest BCUT2D eigenvalue weighted by Gasteiger charge is -2.32. The zero-order valence-corrected chi connectivity index (χ0v) is 14.6. The zero-order chi connectivity index (χ0) is 17.1. The van der Waals surface area contributed by atoms with Crippen molar-refractivity contribution in [3.8, 4) is 0 Å². The Hall–Kier alpha value is -2.15. The number of carbonyl (C=O) groups excluding carboxylic acids is 1. The molecule has 0 N–H and O–H groups in total. The van der Waals surface area contributed by atoms with E-state index >= 15 is 0 Å². The number of aryl methyl sites for hydroxylation is 1. The molecule has 3 heterocycles. The number of rotatable bonds is 5. The number of hydrogen-bond acceptors (Lipinski definition) is 5. The molecule has 24 heavy (non-hydrogen) atoms. The average Bonchev–Trinajstić information content (AvgIpc) is 3.21. The van der Waals surface area contributed by atoms with Crippen molar-refractivity contribution in [2.75, 3.05) is 33.7 Å². The third-order valence-corrected chi connectivity index (χ3v) is 4.56. The minimum Gasteiger partial charge on any atom is -0.448 e. The topological polar surface area (TPSA) is 67.4 Å². The molecule has 1 saturated heterocycles. The third kappa shape index (κ3) is 3.51. The Morgan fingerprint density at radius 1 is 1.42 bits per heavy atom. The summed E-state index contributed by atoms with van der Waals surface area (Å²) in [6, 6.07) is 0. The van der Waals surface area contributed by atoms with Gasteiger partial charge in [0.05, 0.1) is 0 Å². The van der Waals surface area contributed by atoms with Crippen LogP contribution in [0.1, 0.15) is 40.8 Å². The second kappa shape index (κ2) is 7.17. The van der Waals surface area contributed by atoms with Crippen LogP contribution in [-0.2, 0) is 6.54 Å². The number of carbonyl (C=O) groups is 1. The molecule has 1 aliphatic rings. The smallest absolute Gasteiger partial charge is 0.276 e. The van der Waals surface area contributed by atoms with E-state index in [0.717, 1.165) is 38.3 Å². The molecule has 0 aliphatic carbocycles. The van der Waals surface area contributed by atoms with Crippen LogP contribution in [-0.4, -0.2) is 64.0 Å². The van der Waals surface area contributed by atoms with Crippen LogP contribution in [0.4, 0.5) is 0 Å².